The summed E-state index contributed by atoms with van der Waals surface area (Å²) < 4.78 is 12.2. The monoisotopic (exact) mass is 491 g/mol. The molecule has 0 spiro atoms. The maximum absolute atomic E-state index is 12.2. The minimum Gasteiger partial charge on any atom is -0.492 e. The SMILES string of the molecule is O=C1CN=C(c2ccccc2Cl)c2cc(Br)c(OCCCN3CCOCC3)cc2N1. The van der Waals surface area contributed by atoms with Crippen molar-refractivity contribution in [1.82, 2.24) is 4.90 Å². The van der Waals surface area contributed by atoms with Crippen molar-refractivity contribution in [1.29, 1.82) is 0 Å². The van der Waals surface area contributed by atoms with E-state index in [1.807, 2.05) is 36.4 Å². The number of ether oxygens (including phenoxy) is 2. The van der Waals surface area contributed by atoms with Crippen molar-refractivity contribution < 1.29 is 14.3 Å². The molecule has 2 aliphatic heterocycles. The van der Waals surface area contributed by atoms with E-state index in [4.69, 9.17) is 21.1 Å². The van der Waals surface area contributed by atoms with Crippen molar-refractivity contribution in [2.24, 2.45) is 4.99 Å². The van der Waals surface area contributed by atoms with Gasteiger partial charge in [-0.15, -0.1) is 0 Å². The number of hydrogen-bond donors (Lipinski definition) is 1. The van der Waals surface area contributed by atoms with Crippen molar-refractivity contribution in [2.45, 2.75) is 6.42 Å². The van der Waals surface area contributed by atoms with Gasteiger partial charge < -0.3 is 14.8 Å². The van der Waals surface area contributed by atoms with Gasteiger partial charge in [0.05, 0.1) is 35.7 Å². The fraction of sp³-hybridized carbons (Fsp3) is 0.364. The number of carbonyl (C=O) groups excluding carboxylic acids is 1. The van der Waals surface area contributed by atoms with Crippen LogP contribution in [0.15, 0.2) is 45.9 Å². The Morgan fingerprint density at radius 2 is 2.00 bits per heavy atom. The first-order valence-electron chi connectivity index (χ1n) is 9.98. The van der Waals surface area contributed by atoms with Gasteiger partial charge in [0.25, 0.3) is 0 Å². The standard InChI is InChI=1S/C22H23BrClN3O3/c23-17-12-16-19(13-20(17)30-9-3-6-27-7-10-29-11-8-27)26-21(28)14-25-22(16)15-4-1-2-5-18(15)24/h1-2,4-5,12-13H,3,6-11,14H2,(H,26,28). The summed E-state index contributed by atoms with van der Waals surface area (Å²) in [6.07, 6.45) is 0.919. The van der Waals surface area contributed by atoms with Crippen LogP contribution in [0.25, 0.3) is 0 Å². The number of anilines is 1. The molecule has 0 saturated carbocycles. The number of fused-ring (bicyclic) bond motifs is 1. The van der Waals surface area contributed by atoms with E-state index in [9.17, 15) is 4.79 Å². The quantitative estimate of drug-likeness (QED) is 0.619. The van der Waals surface area contributed by atoms with Crippen LogP contribution in [-0.2, 0) is 9.53 Å². The van der Waals surface area contributed by atoms with E-state index >= 15 is 0 Å². The van der Waals surface area contributed by atoms with Crippen LogP contribution in [0.4, 0.5) is 5.69 Å². The van der Waals surface area contributed by atoms with Crippen LogP contribution in [0.5, 0.6) is 5.75 Å². The Labute approximate surface area is 189 Å². The lowest BCUT2D eigenvalue weighted by atomic mass is 10.0. The molecule has 2 aromatic rings. The van der Waals surface area contributed by atoms with Gasteiger partial charge >= 0.3 is 0 Å². The zero-order valence-electron chi connectivity index (χ0n) is 16.5. The molecule has 1 saturated heterocycles. The van der Waals surface area contributed by atoms with Gasteiger partial charge in [0.1, 0.15) is 12.3 Å². The number of rotatable bonds is 6. The molecule has 2 aliphatic rings. The molecule has 0 radical (unpaired) electrons. The molecular weight excluding hydrogens is 470 g/mol. The van der Waals surface area contributed by atoms with Gasteiger partial charge in [-0.1, -0.05) is 29.8 Å². The predicted octanol–water partition coefficient (Wildman–Crippen LogP) is 3.99. The average molecular weight is 493 g/mol. The van der Waals surface area contributed by atoms with Gasteiger partial charge in [-0.05, 0) is 34.5 Å². The summed E-state index contributed by atoms with van der Waals surface area (Å²) in [5, 5.41) is 3.53. The summed E-state index contributed by atoms with van der Waals surface area (Å²) >= 11 is 10.0. The van der Waals surface area contributed by atoms with E-state index in [1.54, 1.807) is 0 Å². The number of benzodiazepines with no additional fused rings is 1. The Bertz CT molecular complexity index is 961. The lowest BCUT2D eigenvalue weighted by Gasteiger charge is -2.26. The first-order chi connectivity index (χ1) is 14.6. The second kappa shape index (κ2) is 9.92. The number of nitrogens with zero attached hydrogens (tertiary/aromatic N) is 2. The molecule has 1 N–H and O–H groups in total. The fourth-order valence-electron chi connectivity index (χ4n) is 3.57. The number of benzene rings is 2. The number of halogens is 2. The smallest absolute Gasteiger partial charge is 0.246 e. The third-order valence-electron chi connectivity index (χ3n) is 5.09. The Morgan fingerprint density at radius 1 is 1.20 bits per heavy atom. The average Bonchev–Trinajstić information content (AvgIpc) is 2.90. The molecule has 0 unspecified atom stereocenters. The lowest BCUT2D eigenvalue weighted by molar-refractivity contribution is -0.114. The van der Waals surface area contributed by atoms with E-state index in [0.29, 0.717) is 28.8 Å². The molecule has 158 valence electrons. The first kappa shape index (κ1) is 21.3. The molecule has 0 atom stereocenters. The zero-order chi connectivity index (χ0) is 20.9. The number of carbonyl (C=O) groups is 1. The molecule has 0 aromatic heterocycles. The third-order valence-corrected chi connectivity index (χ3v) is 6.04. The van der Waals surface area contributed by atoms with Gasteiger partial charge in [-0.25, -0.2) is 0 Å². The van der Waals surface area contributed by atoms with Crippen molar-refractivity contribution in [3.63, 3.8) is 0 Å². The number of aliphatic imine (C=N–C) groups is 1. The van der Waals surface area contributed by atoms with Crippen LogP contribution >= 0.6 is 27.5 Å². The Hall–Kier alpha value is -1.93. The Kier molecular flexibility index (Phi) is 7.04. The van der Waals surface area contributed by atoms with Gasteiger partial charge in [0.15, 0.2) is 0 Å². The minimum atomic E-state index is -0.168. The third kappa shape index (κ3) is 5.03. The molecule has 4 rings (SSSR count). The van der Waals surface area contributed by atoms with Crippen molar-refractivity contribution in [3.8, 4) is 5.75 Å². The van der Waals surface area contributed by atoms with Crippen LogP contribution in [0, 0.1) is 0 Å². The Balaban J connectivity index is 1.52. The molecule has 30 heavy (non-hydrogen) atoms. The summed E-state index contributed by atoms with van der Waals surface area (Å²) in [4.78, 5) is 19.1. The molecule has 2 heterocycles. The number of morpholine rings is 1. The topological polar surface area (TPSA) is 63.2 Å². The summed E-state index contributed by atoms with van der Waals surface area (Å²) in [5.74, 6) is 0.523. The van der Waals surface area contributed by atoms with Crippen LogP contribution in [0.2, 0.25) is 5.02 Å². The summed E-state index contributed by atoms with van der Waals surface area (Å²) in [6, 6.07) is 11.3. The first-order valence-corrected chi connectivity index (χ1v) is 11.1. The molecule has 2 aromatic carbocycles. The molecular formula is C22H23BrClN3O3. The fourth-order valence-corrected chi connectivity index (χ4v) is 4.25. The Morgan fingerprint density at radius 3 is 2.80 bits per heavy atom. The molecule has 0 aliphatic carbocycles. The van der Waals surface area contributed by atoms with Crippen molar-refractivity contribution >= 4 is 44.8 Å². The number of nitrogens with one attached hydrogen (secondary N) is 1. The summed E-state index contributed by atoms with van der Waals surface area (Å²) in [5.41, 5.74) is 2.96. The molecule has 1 fully saturated rings. The van der Waals surface area contributed by atoms with Gasteiger partial charge in [0.2, 0.25) is 5.91 Å². The second-order valence-corrected chi connectivity index (χ2v) is 8.44. The highest BCUT2D eigenvalue weighted by Gasteiger charge is 2.22. The molecule has 1 amide bonds. The molecule has 0 bridgehead atoms. The number of hydrogen-bond acceptors (Lipinski definition) is 5. The van der Waals surface area contributed by atoms with Crippen molar-refractivity contribution in [3.05, 3.63) is 57.0 Å². The largest absolute Gasteiger partial charge is 0.492 e. The maximum Gasteiger partial charge on any atom is 0.246 e. The number of amides is 1. The van der Waals surface area contributed by atoms with Crippen LogP contribution in [-0.4, -0.2) is 62.5 Å². The highest BCUT2D eigenvalue weighted by atomic mass is 79.9. The second-order valence-electron chi connectivity index (χ2n) is 7.18. The maximum atomic E-state index is 12.2. The van der Waals surface area contributed by atoms with Crippen molar-refractivity contribution in [2.75, 3.05) is 51.3 Å². The summed E-state index contributed by atoms with van der Waals surface area (Å²) in [6.45, 7) is 5.15. The molecule has 6 nitrogen and oxygen atoms in total. The van der Waals surface area contributed by atoms with Crippen LogP contribution < -0.4 is 10.1 Å². The summed E-state index contributed by atoms with van der Waals surface area (Å²) in [7, 11) is 0. The molecule has 8 heteroatoms. The highest BCUT2D eigenvalue weighted by Crippen LogP contribution is 2.35. The minimum absolute atomic E-state index is 0.0442. The van der Waals surface area contributed by atoms with Crippen LogP contribution in [0.1, 0.15) is 17.5 Å². The van der Waals surface area contributed by atoms with Gasteiger partial charge in [-0.2, -0.15) is 0 Å². The predicted molar refractivity (Wildman–Crippen MR) is 122 cm³/mol. The van der Waals surface area contributed by atoms with E-state index in [1.165, 1.54) is 0 Å². The van der Waals surface area contributed by atoms with E-state index < -0.39 is 0 Å². The van der Waals surface area contributed by atoms with E-state index in [-0.39, 0.29) is 12.5 Å². The van der Waals surface area contributed by atoms with Gasteiger partial charge in [0, 0.05) is 41.9 Å². The zero-order valence-corrected chi connectivity index (χ0v) is 18.8. The normalized spacial score (nSPS) is 17.0. The van der Waals surface area contributed by atoms with E-state index in [0.717, 1.165) is 54.9 Å². The van der Waals surface area contributed by atoms with E-state index in [2.05, 4.69) is 31.1 Å². The lowest BCUT2D eigenvalue weighted by Crippen LogP contribution is -2.37. The van der Waals surface area contributed by atoms with Gasteiger partial charge in [-0.3, -0.25) is 14.7 Å². The highest BCUT2D eigenvalue weighted by molar-refractivity contribution is 9.10. The van der Waals surface area contributed by atoms with Crippen LogP contribution in [0.3, 0.4) is 0 Å².